The third kappa shape index (κ3) is 2.79. The van der Waals surface area contributed by atoms with Crippen LogP contribution in [0.15, 0.2) is 18.2 Å². The molecule has 1 unspecified atom stereocenters. The molecule has 1 heterocycles. The third-order valence-electron chi connectivity index (χ3n) is 3.59. The topological polar surface area (TPSA) is 32.7 Å². The van der Waals surface area contributed by atoms with E-state index in [1.165, 1.54) is 18.4 Å². The average molecular weight is 235 g/mol. The van der Waals surface area contributed by atoms with Crippen LogP contribution in [0.5, 0.6) is 5.75 Å². The molecule has 0 saturated carbocycles. The molecular formula is C14H21NO2. The highest BCUT2D eigenvalue weighted by molar-refractivity contribution is 5.37. The number of nitrogens with zero attached hydrogens (tertiary/aromatic N) is 1. The second-order valence-corrected chi connectivity index (χ2v) is 4.77. The number of hydrogen-bond acceptors (Lipinski definition) is 3. The van der Waals surface area contributed by atoms with Crippen molar-refractivity contribution in [2.45, 2.75) is 39.0 Å². The molecule has 17 heavy (non-hydrogen) atoms. The third-order valence-corrected chi connectivity index (χ3v) is 3.59. The molecule has 0 radical (unpaired) electrons. The van der Waals surface area contributed by atoms with Crippen LogP contribution in [0.3, 0.4) is 0 Å². The van der Waals surface area contributed by atoms with Crippen LogP contribution in [0.25, 0.3) is 0 Å². The molecule has 3 heteroatoms. The van der Waals surface area contributed by atoms with E-state index in [9.17, 15) is 5.11 Å². The Hall–Kier alpha value is -1.06. The van der Waals surface area contributed by atoms with Gasteiger partial charge in [-0.25, -0.2) is 0 Å². The molecule has 0 aliphatic carbocycles. The van der Waals surface area contributed by atoms with Crippen LogP contribution in [-0.4, -0.2) is 29.7 Å². The van der Waals surface area contributed by atoms with Gasteiger partial charge in [-0.15, -0.1) is 0 Å². The number of methoxy groups -OCH3 is 1. The van der Waals surface area contributed by atoms with Crippen molar-refractivity contribution in [3.8, 4) is 5.75 Å². The molecule has 0 amide bonds. The zero-order valence-corrected chi connectivity index (χ0v) is 10.6. The lowest BCUT2D eigenvalue weighted by Gasteiger charge is -2.22. The first-order valence-electron chi connectivity index (χ1n) is 6.25. The van der Waals surface area contributed by atoms with E-state index in [4.69, 9.17) is 4.74 Å². The van der Waals surface area contributed by atoms with Gasteiger partial charge in [0.2, 0.25) is 0 Å². The van der Waals surface area contributed by atoms with E-state index in [0.29, 0.717) is 6.04 Å². The van der Waals surface area contributed by atoms with Gasteiger partial charge < -0.3 is 9.84 Å². The molecule has 1 N–H and O–H groups in total. The largest absolute Gasteiger partial charge is 0.496 e. The summed E-state index contributed by atoms with van der Waals surface area (Å²) < 4.78 is 5.38. The molecule has 0 spiro atoms. The van der Waals surface area contributed by atoms with E-state index >= 15 is 0 Å². The summed E-state index contributed by atoms with van der Waals surface area (Å²) in [6.07, 6.45) is 2.56. The van der Waals surface area contributed by atoms with E-state index in [2.05, 4.69) is 11.8 Å². The SMILES string of the molecule is COc1ccc(CO)cc1CN1CCCC1C. The lowest BCUT2D eigenvalue weighted by atomic mass is 10.1. The predicted molar refractivity (Wildman–Crippen MR) is 68.0 cm³/mol. The van der Waals surface area contributed by atoms with Crippen molar-refractivity contribution in [3.63, 3.8) is 0 Å². The minimum absolute atomic E-state index is 0.0898. The lowest BCUT2D eigenvalue weighted by Crippen LogP contribution is -2.26. The normalized spacial score (nSPS) is 20.8. The molecule has 1 aromatic rings. The van der Waals surface area contributed by atoms with Gasteiger partial charge in [-0.05, 0) is 44.0 Å². The monoisotopic (exact) mass is 235 g/mol. The molecule has 1 aliphatic heterocycles. The van der Waals surface area contributed by atoms with E-state index in [1.807, 2.05) is 18.2 Å². The summed E-state index contributed by atoms with van der Waals surface area (Å²) in [5.74, 6) is 0.918. The Labute approximate surface area is 103 Å². The van der Waals surface area contributed by atoms with Gasteiger partial charge in [0.25, 0.3) is 0 Å². The summed E-state index contributed by atoms with van der Waals surface area (Å²) in [5, 5.41) is 9.18. The molecule has 1 aliphatic rings. The quantitative estimate of drug-likeness (QED) is 0.868. The highest BCUT2D eigenvalue weighted by Gasteiger charge is 2.21. The van der Waals surface area contributed by atoms with E-state index in [0.717, 1.165) is 24.4 Å². The molecule has 1 saturated heterocycles. The average Bonchev–Trinajstić information content (AvgIpc) is 2.75. The van der Waals surface area contributed by atoms with Crippen molar-refractivity contribution in [1.29, 1.82) is 0 Å². The maximum absolute atomic E-state index is 9.18. The summed E-state index contributed by atoms with van der Waals surface area (Å²) >= 11 is 0. The van der Waals surface area contributed by atoms with E-state index in [-0.39, 0.29) is 6.61 Å². The van der Waals surface area contributed by atoms with Crippen LogP contribution >= 0.6 is 0 Å². The van der Waals surface area contributed by atoms with Crippen molar-refractivity contribution < 1.29 is 9.84 Å². The summed E-state index contributed by atoms with van der Waals surface area (Å²) in [7, 11) is 1.70. The minimum atomic E-state index is 0.0898. The van der Waals surface area contributed by atoms with E-state index < -0.39 is 0 Å². The Bertz CT molecular complexity index is 378. The van der Waals surface area contributed by atoms with Crippen molar-refractivity contribution >= 4 is 0 Å². The minimum Gasteiger partial charge on any atom is -0.496 e. The van der Waals surface area contributed by atoms with Gasteiger partial charge >= 0.3 is 0 Å². The Morgan fingerprint density at radius 2 is 2.29 bits per heavy atom. The van der Waals surface area contributed by atoms with Crippen LogP contribution < -0.4 is 4.74 Å². The van der Waals surface area contributed by atoms with Crippen molar-refractivity contribution in [1.82, 2.24) is 4.90 Å². The molecule has 1 atom stereocenters. The fourth-order valence-electron chi connectivity index (χ4n) is 2.50. The zero-order valence-electron chi connectivity index (χ0n) is 10.6. The van der Waals surface area contributed by atoms with Gasteiger partial charge in [0.15, 0.2) is 0 Å². The standard InChI is InChI=1S/C14H21NO2/c1-11-4-3-7-15(11)9-13-8-12(10-16)5-6-14(13)17-2/h5-6,8,11,16H,3-4,7,9-10H2,1-2H3. The summed E-state index contributed by atoms with van der Waals surface area (Å²) in [4.78, 5) is 2.47. The smallest absolute Gasteiger partial charge is 0.123 e. The Morgan fingerprint density at radius 3 is 2.88 bits per heavy atom. The van der Waals surface area contributed by atoms with E-state index in [1.54, 1.807) is 7.11 Å². The predicted octanol–water partition coefficient (Wildman–Crippen LogP) is 2.17. The number of hydrogen-bond donors (Lipinski definition) is 1. The second-order valence-electron chi connectivity index (χ2n) is 4.77. The zero-order chi connectivity index (χ0) is 12.3. The Kier molecular flexibility index (Phi) is 4.02. The number of ether oxygens (including phenoxy) is 1. The number of benzene rings is 1. The molecule has 0 aromatic heterocycles. The summed E-state index contributed by atoms with van der Waals surface area (Å²) in [6.45, 7) is 4.44. The highest BCUT2D eigenvalue weighted by Crippen LogP contribution is 2.25. The van der Waals surface area contributed by atoms with Gasteiger partial charge in [0.1, 0.15) is 5.75 Å². The second kappa shape index (κ2) is 5.52. The molecule has 1 aromatic carbocycles. The fraction of sp³-hybridized carbons (Fsp3) is 0.571. The van der Waals surface area contributed by atoms with Crippen molar-refractivity contribution in [2.75, 3.05) is 13.7 Å². The van der Waals surface area contributed by atoms with Gasteiger partial charge in [-0.2, -0.15) is 0 Å². The summed E-state index contributed by atoms with van der Waals surface area (Å²) in [6, 6.07) is 6.55. The van der Waals surface area contributed by atoms with Crippen LogP contribution in [0, 0.1) is 0 Å². The maximum Gasteiger partial charge on any atom is 0.123 e. The molecule has 3 nitrogen and oxygen atoms in total. The first kappa shape index (κ1) is 12.4. The first-order valence-corrected chi connectivity index (χ1v) is 6.25. The fourth-order valence-corrected chi connectivity index (χ4v) is 2.50. The molecule has 94 valence electrons. The molecule has 0 bridgehead atoms. The van der Waals surface area contributed by atoms with Crippen LogP contribution in [-0.2, 0) is 13.2 Å². The van der Waals surface area contributed by atoms with Crippen molar-refractivity contribution in [3.05, 3.63) is 29.3 Å². The lowest BCUT2D eigenvalue weighted by molar-refractivity contribution is 0.254. The molecule has 2 rings (SSSR count). The molecular weight excluding hydrogens is 214 g/mol. The summed E-state index contributed by atoms with van der Waals surface area (Å²) in [5.41, 5.74) is 2.13. The maximum atomic E-state index is 9.18. The number of likely N-dealkylation sites (tertiary alicyclic amines) is 1. The number of aliphatic hydroxyl groups excluding tert-OH is 1. The van der Waals surface area contributed by atoms with Crippen LogP contribution in [0.2, 0.25) is 0 Å². The Morgan fingerprint density at radius 1 is 1.47 bits per heavy atom. The van der Waals surface area contributed by atoms with Gasteiger partial charge in [-0.1, -0.05) is 6.07 Å². The van der Waals surface area contributed by atoms with Crippen LogP contribution in [0.1, 0.15) is 30.9 Å². The number of aliphatic hydroxyl groups is 1. The van der Waals surface area contributed by atoms with Gasteiger partial charge in [0.05, 0.1) is 13.7 Å². The molecule has 1 fully saturated rings. The Balaban J connectivity index is 2.17. The van der Waals surface area contributed by atoms with Crippen LogP contribution in [0.4, 0.5) is 0 Å². The van der Waals surface area contributed by atoms with Crippen molar-refractivity contribution in [2.24, 2.45) is 0 Å². The highest BCUT2D eigenvalue weighted by atomic mass is 16.5. The number of rotatable bonds is 4. The first-order chi connectivity index (χ1) is 8.24. The van der Waals surface area contributed by atoms with Gasteiger partial charge in [-0.3, -0.25) is 4.90 Å². The van der Waals surface area contributed by atoms with Gasteiger partial charge in [0, 0.05) is 18.2 Å².